The number of benzene rings is 1. The van der Waals surface area contributed by atoms with E-state index in [0.29, 0.717) is 6.54 Å². The van der Waals surface area contributed by atoms with Crippen LogP contribution in [0.5, 0.6) is 0 Å². The van der Waals surface area contributed by atoms with E-state index < -0.39 is 0 Å². The van der Waals surface area contributed by atoms with Crippen LogP contribution in [0.3, 0.4) is 0 Å². The summed E-state index contributed by atoms with van der Waals surface area (Å²) in [6, 6.07) is 7.82. The monoisotopic (exact) mass is 257 g/mol. The van der Waals surface area contributed by atoms with Gasteiger partial charge in [0, 0.05) is 25.9 Å². The first-order valence-electron chi connectivity index (χ1n) is 6.28. The Kier molecular flexibility index (Phi) is 3.69. The lowest BCUT2D eigenvalue weighted by atomic mass is 10.0. The van der Waals surface area contributed by atoms with Gasteiger partial charge in [0.05, 0.1) is 12.2 Å². The van der Waals surface area contributed by atoms with Gasteiger partial charge in [0.15, 0.2) is 0 Å². The molecular weight excluding hydrogens is 238 g/mol. The minimum Gasteiger partial charge on any atom is -0.336 e. The van der Waals surface area contributed by atoms with Crippen LogP contribution in [0.1, 0.15) is 27.2 Å². The van der Waals surface area contributed by atoms with E-state index in [1.54, 1.807) is 15.8 Å². The van der Waals surface area contributed by atoms with E-state index in [1.807, 2.05) is 52.2 Å². The summed E-state index contributed by atoms with van der Waals surface area (Å²) in [5, 5.41) is 4.11. The second-order valence-electron chi connectivity index (χ2n) is 4.93. The maximum Gasteiger partial charge on any atom is 0.254 e. The Hall–Kier alpha value is -2.10. The first-order chi connectivity index (χ1) is 8.99. The van der Waals surface area contributed by atoms with E-state index in [0.717, 1.165) is 16.8 Å². The van der Waals surface area contributed by atoms with Gasteiger partial charge in [0.1, 0.15) is 0 Å². The summed E-state index contributed by atoms with van der Waals surface area (Å²) in [6.45, 7) is 4.56. The van der Waals surface area contributed by atoms with E-state index in [9.17, 15) is 4.79 Å². The predicted octanol–water partition coefficient (Wildman–Crippen LogP) is 2.31. The Morgan fingerprint density at radius 1 is 1.32 bits per heavy atom. The number of amides is 1. The molecule has 0 aliphatic heterocycles. The minimum absolute atomic E-state index is 0.0405. The average Bonchev–Trinajstić information content (AvgIpc) is 2.74. The molecule has 0 saturated heterocycles. The van der Waals surface area contributed by atoms with Crippen LogP contribution in [0.2, 0.25) is 0 Å². The highest BCUT2D eigenvalue weighted by Crippen LogP contribution is 2.14. The van der Waals surface area contributed by atoms with Crippen LogP contribution in [-0.4, -0.2) is 27.6 Å². The fourth-order valence-electron chi connectivity index (χ4n) is 2.13. The molecule has 2 aromatic rings. The van der Waals surface area contributed by atoms with Crippen molar-refractivity contribution in [2.75, 3.05) is 7.05 Å². The van der Waals surface area contributed by atoms with Crippen LogP contribution in [0, 0.1) is 13.8 Å². The Labute approximate surface area is 113 Å². The van der Waals surface area contributed by atoms with Crippen LogP contribution >= 0.6 is 0 Å². The third-order valence-corrected chi connectivity index (χ3v) is 3.28. The molecule has 0 N–H and O–H groups in total. The molecule has 1 heterocycles. The molecule has 0 aliphatic rings. The third-order valence-electron chi connectivity index (χ3n) is 3.28. The van der Waals surface area contributed by atoms with Gasteiger partial charge < -0.3 is 4.90 Å². The summed E-state index contributed by atoms with van der Waals surface area (Å²) in [7, 11) is 3.69. The summed E-state index contributed by atoms with van der Waals surface area (Å²) in [5.41, 5.74) is 3.96. The lowest BCUT2D eigenvalue weighted by Gasteiger charge is -2.18. The average molecular weight is 257 g/mol. The molecule has 0 fully saturated rings. The Balaban J connectivity index is 2.17. The van der Waals surface area contributed by atoms with E-state index in [2.05, 4.69) is 5.10 Å². The van der Waals surface area contributed by atoms with E-state index >= 15 is 0 Å². The Bertz CT molecular complexity index is 601. The van der Waals surface area contributed by atoms with Gasteiger partial charge in [-0.15, -0.1) is 0 Å². The van der Waals surface area contributed by atoms with E-state index in [-0.39, 0.29) is 5.91 Å². The smallest absolute Gasteiger partial charge is 0.254 e. The van der Waals surface area contributed by atoms with Crippen molar-refractivity contribution in [3.63, 3.8) is 0 Å². The fraction of sp³-hybridized carbons (Fsp3) is 0.333. The zero-order valence-corrected chi connectivity index (χ0v) is 11.8. The van der Waals surface area contributed by atoms with E-state index in [1.165, 1.54) is 5.56 Å². The molecule has 0 atom stereocenters. The molecule has 0 radical (unpaired) electrons. The molecule has 100 valence electrons. The maximum absolute atomic E-state index is 12.4. The highest BCUT2D eigenvalue weighted by molar-refractivity contribution is 5.95. The second-order valence-corrected chi connectivity index (χ2v) is 4.93. The van der Waals surface area contributed by atoms with E-state index in [4.69, 9.17) is 0 Å². The summed E-state index contributed by atoms with van der Waals surface area (Å²) < 4.78 is 1.78. The highest BCUT2D eigenvalue weighted by Gasteiger charge is 2.15. The first-order valence-corrected chi connectivity index (χ1v) is 6.28. The van der Waals surface area contributed by atoms with Gasteiger partial charge in [-0.2, -0.15) is 5.10 Å². The molecule has 0 saturated carbocycles. The summed E-state index contributed by atoms with van der Waals surface area (Å²) in [5.74, 6) is 0.0405. The molecule has 1 aromatic carbocycles. The summed E-state index contributed by atoms with van der Waals surface area (Å²) >= 11 is 0. The van der Waals surface area contributed by atoms with Crippen molar-refractivity contribution in [3.05, 3.63) is 52.8 Å². The predicted molar refractivity (Wildman–Crippen MR) is 74.9 cm³/mol. The third kappa shape index (κ3) is 2.84. The molecule has 4 heteroatoms. The van der Waals surface area contributed by atoms with Crippen LogP contribution in [0.25, 0.3) is 0 Å². The standard InChI is InChI=1S/C15H19N3O/c1-11-5-6-14(12(2)9-11)15(19)17(3)10-13-7-8-16-18(13)4/h5-9H,10H2,1-4H3. The van der Waals surface area contributed by atoms with Gasteiger partial charge in [-0.3, -0.25) is 9.48 Å². The molecule has 4 nitrogen and oxygen atoms in total. The van der Waals surface area contributed by atoms with Gasteiger partial charge in [-0.25, -0.2) is 0 Å². The lowest BCUT2D eigenvalue weighted by molar-refractivity contribution is 0.0781. The van der Waals surface area contributed by atoms with Crippen molar-refractivity contribution < 1.29 is 4.79 Å². The number of carbonyl (C=O) groups excluding carboxylic acids is 1. The van der Waals surface area contributed by atoms with Crippen molar-refractivity contribution in [1.82, 2.24) is 14.7 Å². The highest BCUT2D eigenvalue weighted by atomic mass is 16.2. The number of carbonyl (C=O) groups is 1. The largest absolute Gasteiger partial charge is 0.336 e. The van der Waals surface area contributed by atoms with Crippen LogP contribution in [0.15, 0.2) is 30.5 Å². The first kappa shape index (κ1) is 13.3. The van der Waals surface area contributed by atoms with Crippen molar-refractivity contribution >= 4 is 5.91 Å². The van der Waals surface area contributed by atoms with Crippen LogP contribution in [-0.2, 0) is 13.6 Å². The van der Waals surface area contributed by atoms with Crippen LogP contribution < -0.4 is 0 Å². The van der Waals surface area contributed by atoms with Crippen molar-refractivity contribution in [3.8, 4) is 0 Å². The summed E-state index contributed by atoms with van der Waals surface area (Å²) in [4.78, 5) is 14.1. The molecule has 0 bridgehead atoms. The van der Waals surface area contributed by atoms with Gasteiger partial charge in [-0.1, -0.05) is 17.7 Å². The van der Waals surface area contributed by atoms with Gasteiger partial charge >= 0.3 is 0 Å². The zero-order valence-electron chi connectivity index (χ0n) is 11.8. The van der Waals surface area contributed by atoms with Crippen molar-refractivity contribution in [2.24, 2.45) is 7.05 Å². The second kappa shape index (κ2) is 5.26. The Morgan fingerprint density at radius 2 is 2.05 bits per heavy atom. The molecule has 1 aromatic heterocycles. The Morgan fingerprint density at radius 3 is 2.63 bits per heavy atom. The topological polar surface area (TPSA) is 38.1 Å². The zero-order chi connectivity index (χ0) is 14.0. The maximum atomic E-state index is 12.4. The number of rotatable bonds is 3. The van der Waals surface area contributed by atoms with Gasteiger partial charge in [0.2, 0.25) is 0 Å². The fourth-order valence-corrected chi connectivity index (χ4v) is 2.13. The number of aryl methyl sites for hydroxylation is 3. The molecule has 0 unspecified atom stereocenters. The molecular formula is C15H19N3O. The number of aromatic nitrogens is 2. The lowest BCUT2D eigenvalue weighted by Crippen LogP contribution is -2.27. The van der Waals surface area contributed by atoms with Gasteiger partial charge in [-0.05, 0) is 31.5 Å². The SMILES string of the molecule is Cc1ccc(C(=O)N(C)Cc2ccnn2C)c(C)c1. The summed E-state index contributed by atoms with van der Waals surface area (Å²) in [6.07, 6.45) is 1.74. The molecule has 0 spiro atoms. The van der Waals surface area contributed by atoms with Crippen molar-refractivity contribution in [2.45, 2.75) is 20.4 Å². The normalized spacial score (nSPS) is 10.5. The molecule has 19 heavy (non-hydrogen) atoms. The van der Waals surface area contributed by atoms with Crippen LogP contribution in [0.4, 0.5) is 0 Å². The van der Waals surface area contributed by atoms with Crippen molar-refractivity contribution in [1.29, 1.82) is 0 Å². The minimum atomic E-state index is 0.0405. The quantitative estimate of drug-likeness (QED) is 0.846. The number of hydrogen-bond acceptors (Lipinski definition) is 2. The number of hydrogen-bond donors (Lipinski definition) is 0. The number of nitrogens with zero attached hydrogens (tertiary/aromatic N) is 3. The molecule has 0 aliphatic carbocycles. The molecule has 1 amide bonds. The molecule has 2 rings (SSSR count). The van der Waals surface area contributed by atoms with Gasteiger partial charge in [0.25, 0.3) is 5.91 Å².